The molecule has 1 aromatic rings. The highest BCUT2D eigenvalue weighted by atomic mass is 16.5. The molecule has 0 aliphatic heterocycles. The Morgan fingerprint density at radius 1 is 1.00 bits per heavy atom. The first-order valence-electron chi connectivity index (χ1n) is 4.59. The Morgan fingerprint density at radius 2 is 1.56 bits per heavy atom. The van der Waals surface area contributed by atoms with Crippen LogP contribution in [-0.4, -0.2) is 7.11 Å². The van der Waals surface area contributed by atoms with E-state index in [0.29, 0.717) is 11.3 Å². The quantitative estimate of drug-likeness (QED) is 0.765. The van der Waals surface area contributed by atoms with E-state index in [1.807, 2.05) is 18.2 Å². The lowest BCUT2D eigenvalue weighted by Gasteiger charge is -2.09. The monoisotopic (exact) mass is 211 g/mol. The Labute approximate surface area is 93.9 Å². The number of methoxy groups -OCH3 is 1. The minimum Gasteiger partial charge on any atom is -0.497 e. The molecule has 0 aliphatic rings. The van der Waals surface area contributed by atoms with Gasteiger partial charge in [0.1, 0.15) is 11.7 Å². The molecule has 0 aliphatic carbocycles. The van der Waals surface area contributed by atoms with Crippen molar-refractivity contribution in [1.29, 1.82) is 15.8 Å². The molecule has 0 amide bonds. The number of benzene rings is 1. The zero-order valence-electron chi connectivity index (χ0n) is 8.71. The molecule has 78 valence electrons. The summed E-state index contributed by atoms with van der Waals surface area (Å²) in [5, 5.41) is 26.4. The Bertz CT molecular complexity index is 459. The van der Waals surface area contributed by atoms with Crippen LogP contribution in [0.25, 0.3) is 0 Å². The maximum atomic E-state index is 8.96. The largest absolute Gasteiger partial charge is 0.497 e. The van der Waals surface area contributed by atoms with Crippen molar-refractivity contribution >= 4 is 0 Å². The van der Waals surface area contributed by atoms with Gasteiger partial charge in [-0.15, -0.1) is 0 Å². The van der Waals surface area contributed by atoms with Crippen LogP contribution in [0.5, 0.6) is 5.75 Å². The molecule has 0 saturated heterocycles. The minimum absolute atomic E-state index is 0.649. The van der Waals surface area contributed by atoms with Gasteiger partial charge in [0.15, 0.2) is 5.92 Å². The van der Waals surface area contributed by atoms with Crippen LogP contribution >= 0.6 is 0 Å². The van der Waals surface area contributed by atoms with Gasteiger partial charge in [0, 0.05) is 0 Å². The fourth-order valence-corrected chi connectivity index (χ4v) is 1.33. The van der Waals surface area contributed by atoms with Gasteiger partial charge in [0.25, 0.3) is 0 Å². The number of nitriles is 3. The van der Waals surface area contributed by atoms with Gasteiger partial charge < -0.3 is 4.74 Å². The van der Waals surface area contributed by atoms with Crippen molar-refractivity contribution in [3.8, 4) is 24.0 Å². The van der Waals surface area contributed by atoms with Crippen molar-refractivity contribution in [2.24, 2.45) is 5.92 Å². The van der Waals surface area contributed by atoms with Crippen LogP contribution in [0.4, 0.5) is 0 Å². The number of rotatable bonds is 3. The predicted octanol–water partition coefficient (Wildman–Crippen LogP) is 1.97. The molecule has 0 unspecified atom stereocenters. The molecule has 16 heavy (non-hydrogen) atoms. The van der Waals surface area contributed by atoms with Gasteiger partial charge in [0.05, 0.1) is 25.3 Å². The van der Waals surface area contributed by atoms with E-state index in [-0.39, 0.29) is 0 Å². The molecule has 1 aromatic carbocycles. The predicted molar refractivity (Wildman–Crippen MR) is 56.1 cm³/mol. The van der Waals surface area contributed by atoms with Gasteiger partial charge in [-0.3, -0.25) is 0 Å². The Balaban J connectivity index is 3.03. The maximum Gasteiger partial charge on any atom is 0.153 e. The SMILES string of the molecule is COc1ccc([C@@H](C#N)C(C#N)C#N)cc1. The second kappa shape index (κ2) is 5.39. The third kappa shape index (κ3) is 2.29. The van der Waals surface area contributed by atoms with Crippen molar-refractivity contribution in [2.45, 2.75) is 5.92 Å². The molecule has 0 radical (unpaired) electrons. The van der Waals surface area contributed by atoms with E-state index < -0.39 is 11.8 Å². The molecule has 4 nitrogen and oxygen atoms in total. The van der Waals surface area contributed by atoms with Crippen LogP contribution < -0.4 is 4.74 Å². The highest BCUT2D eigenvalue weighted by molar-refractivity contribution is 5.35. The molecule has 0 aromatic heterocycles. The standard InChI is InChI=1S/C12H9N3O/c1-16-11-4-2-9(3-5-11)12(8-15)10(6-13)7-14/h2-5,10,12H,1H3/t12-/m1/s1. The molecule has 0 heterocycles. The lowest BCUT2D eigenvalue weighted by Crippen LogP contribution is -2.07. The van der Waals surface area contributed by atoms with Gasteiger partial charge in [0.2, 0.25) is 0 Å². The molecule has 4 heteroatoms. The molecule has 1 atom stereocenters. The molecular weight excluding hydrogens is 202 g/mol. The summed E-state index contributed by atoms with van der Waals surface area (Å²) in [4.78, 5) is 0. The Kier molecular flexibility index (Phi) is 3.90. The van der Waals surface area contributed by atoms with E-state index >= 15 is 0 Å². The number of nitrogens with zero attached hydrogens (tertiary/aromatic N) is 3. The third-order valence-electron chi connectivity index (χ3n) is 2.23. The second-order valence-electron chi connectivity index (χ2n) is 3.12. The molecular formula is C12H9N3O. The average Bonchev–Trinajstić information content (AvgIpc) is 2.36. The summed E-state index contributed by atoms with van der Waals surface area (Å²) in [7, 11) is 1.55. The molecule has 0 N–H and O–H groups in total. The first-order valence-corrected chi connectivity index (χ1v) is 4.59. The van der Waals surface area contributed by atoms with Crippen LogP contribution in [0.1, 0.15) is 11.5 Å². The average molecular weight is 211 g/mol. The highest BCUT2D eigenvalue weighted by Crippen LogP contribution is 2.25. The normalized spacial score (nSPS) is 10.9. The fourth-order valence-electron chi connectivity index (χ4n) is 1.33. The maximum absolute atomic E-state index is 8.96. The number of ether oxygens (including phenoxy) is 1. The molecule has 0 spiro atoms. The number of hydrogen-bond donors (Lipinski definition) is 0. The van der Waals surface area contributed by atoms with Gasteiger partial charge in [-0.2, -0.15) is 15.8 Å². The lowest BCUT2D eigenvalue weighted by atomic mass is 9.89. The molecule has 0 bridgehead atoms. The van der Waals surface area contributed by atoms with Crippen molar-refractivity contribution in [3.05, 3.63) is 29.8 Å². The van der Waals surface area contributed by atoms with Crippen LogP contribution in [0, 0.1) is 39.9 Å². The summed E-state index contributed by atoms with van der Waals surface area (Å²) in [5.41, 5.74) is 0.649. The van der Waals surface area contributed by atoms with Crippen LogP contribution in [-0.2, 0) is 0 Å². The first-order chi connectivity index (χ1) is 7.76. The minimum atomic E-state index is -0.946. The molecule has 0 fully saturated rings. The van der Waals surface area contributed by atoms with Gasteiger partial charge in [-0.25, -0.2) is 0 Å². The van der Waals surface area contributed by atoms with Crippen LogP contribution in [0.15, 0.2) is 24.3 Å². The Morgan fingerprint density at radius 3 is 1.94 bits per heavy atom. The summed E-state index contributed by atoms with van der Waals surface area (Å²) in [6.45, 7) is 0. The fraction of sp³-hybridized carbons (Fsp3) is 0.250. The first kappa shape index (κ1) is 11.6. The highest BCUT2D eigenvalue weighted by Gasteiger charge is 2.22. The van der Waals surface area contributed by atoms with Crippen LogP contribution in [0.3, 0.4) is 0 Å². The smallest absolute Gasteiger partial charge is 0.153 e. The lowest BCUT2D eigenvalue weighted by molar-refractivity contribution is 0.414. The van der Waals surface area contributed by atoms with Gasteiger partial charge in [-0.1, -0.05) is 12.1 Å². The molecule has 0 saturated carbocycles. The summed E-state index contributed by atoms with van der Waals surface area (Å²) >= 11 is 0. The van der Waals surface area contributed by atoms with E-state index in [4.69, 9.17) is 20.5 Å². The van der Waals surface area contributed by atoms with Crippen LogP contribution in [0.2, 0.25) is 0 Å². The summed E-state index contributed by atoms with van der Waals surface area (Å²) in [6, 6.07) is 12.4. The van der Waals surface area contributed by atoms with Crippen molar-refractivity contribution < 1.29 is 4.74 Å². The summed E-state index contributed by atoms with van der Waals surface area (Å²) < 4.78 is 4.98. The number of hydrogen-bond acceptors (Lipinski definition) is 4. The third-order valence-corrected chi connectivity index (χ3v) is 2.23. The van der Waals surface area contributed by atoms with E-state index in [1.165, 1.54) is 0 Å². The van der Waals surface area contributed by atoms with E-state index in [0.717, 1.165) is 0 Å². The summed E-state index contributed by atoms with van der Waals surface area (Å²) in [5.74, 6) is -0.995. The van der Waals surface area contributed by atoms with E-state index in [1.54, 1.807) is 31.4 Å². The zero-order valence-corrected chi connectivity index (χ0v) is 8.71. The van der Waals surface area contributed by atoms with Crippen molar-refractivity contribution in [2.75, 3.05) is 7.11 Å². The van der Waals surface area contributed by atoms with E-state index in [2.05, 4.69) is 0 Å². The van der Waals surface area contributed by atoms with Gasteiger partial charge in [-0.05, 0) is 17.7 Å². The second-order valence-corrected chi connectivity index (χ2v) is 3.12. The van der Waals surface area contributed by atoms with Crippen molar-refractivity contribution in [3.63, 3.8) is 0 Å². The molecule has 1 rings (SSSR count). The van der Waals surface area contributed by atoms with Gasteiger partial charge >= 0.3 is 0 Å². The Hall–Kier alpha value is -2.51. The van der Waals surface area contributed by atoms with E-state index in [9.17, 15) is 0 Å². The zero-order chi connectivity index (χ0) is 12.0. The summed E-state index contributed by atoms with van der Waals surface area (Å²) in [6.07, 6.45) is 0. The topological polar surface area (TPSA) is 80.6 Å². The van der Waals surface area contributed by atoms with Crippen molar-refractivity contribution in [1.82, 2.24) is 0 Å².